The molecule has 0 atom stereocenters. The first kappa shape index (κ1) is 22.7. The first-order valence-corrected chi connectivity index (χ1v) is 12.1. The summed E-state index contributed by atoms with van der Waals surface area (Å²) in [6, 6.07) is 12.8. The van der Waals surface area contributed by atoms with Gasteiger partial charge in [-0.2, -0.15) is 0 Å². The quantitative estimate of drug-likeness (QED) is 0.593. The minimum Gasteiger partial charge on any atom is -0.371 e. The second-order valence-corrected chi connectivity index (χ2v) is 9.55. The van der Waals surface area contributed by atoms with Crippen LogP contribution < -0.4 is 15.5 Å². The third-order valence-electron chi connectivity index (χ3n) is 6.68. The van der Waals surface area contributed by atoms with E-state index in [2.05, 4.69) is 22.5 Å². The van der Waals surface area contributed by atoms with Crippen LogP contribution in [0.25, 0.3) is 0 Å². The Morgan fingerprint density at radius 1 is 0.906 bits per heavy atom. The molecule has 0 radical (unpaired) electrons. The Bertz CT molecular complexity index is 963. The van der Waals surface area contributed by atoms with Crippen LogP contribution in [0, 0.1) is 5.92 Å². The average Bonchev–Trinajstić information content (AvgIpc) is 2.80. The Hall–Kier alpha value is -2.53. The molecule has 2 amide bonds. The molecule has 0 aromatic heterocycles. The summed E-state index contributed by atoms with van der Waals surface area (Å²) < 4.78 is 0. The molecule has 4 rings (SSSR count). The fourth-order valence-corrected chi connectivity index (χ4v) is 4.90. The summed E-state index contributed by atoms with van der Waals surface area (Å²) in [5.74, 6) is 0.369. The van der Waals surface area contributed by atoms with Gasteiger partial charge in [-0.05, 0) is 61.9 Å². The summed E-state index contributed by atoms with van der Waals surface area (Å²) in [5.41, 5.74) is 2.58. The van der Waals surface area contributed by atoms with E-state index in [0.717, 1.165) is 57.3 Å². The van der Waals surface area contributed by atoms with Gasteiger partial charge in [0, 0.05) is 30.5 Å². The molecule has 2 fully saturated rings. The fourth-order valence-electron chi connectivity index (χ4n) is 4.67. The number of carbonyl (C=O) groups excluding carboxylic acids is 2. The molecule has 1 saturated carbocycles. The third kappa shape index (κ3) is 5.44. The van der Waals surface area contributed by atoms with Gasteiger partial charge in [-0.15, -0.1) is 0 Å². The molecular formula is C26H32ClN3O2. The van der Waals surface area contributed by atoms with Gasteiger partial charge in [-0.1, -0.05) is 49.9 Å². The van der Waals surface area contributed by atoms with Gasteiger partial charge in [0.05, 0.1) is 16.1 Å². The first-order valence-electron chi connectivity index (χ1n) is 11.8. The minimum absolute atomic E-state index is 0.0561. The largest absolute Gasteiger partial charge is 0.371 e. The summed E-state index contributed by atoms with van der Waals surface area (Å²) in [5, 5.41) is 6.56. The van der Waals surface area contributed by atoms with Crippen molar-refractivity contribution in [1.82, 2.24) is 5.32 Å². The summed E-state index contributed by atoms with van der Waals surface area (Å²) in [6.07, 6.45) is 7.87. The highest BCUT2D eigenvalue weighted by molar-refractivity contribution is 6.34. The molecule has 0 bridgehead atoms. The topological polar surface area (TPSA) is 61.4 Å². The smallest absolute Gasteiger partial charge is 0.257 e. The van der Waals surface area contributed by atoms with Crippen molar-refractivity contribution >= 4 is 34.8 Å². The van der Waals surface area contributed by atoms with Crippen LogP contribution in [0.1, 0.15) is 72.6 Å². The van der Waals surface area contributed by atoms with Crippen molar-refractivity contribution in [3.05, 3.63) is 58.6 Å². The van der Waals surface area contributed by atoms with Crippen molar-refractivity contribution in [2.75, 3.05) is 23.3 Å². The molecular weight excluding hydrogens is 422 g/mol. The number of nitrogens with one attached hydrogen (secondary N) is 2. The van der Waals surface area contributed by atoms with Crippen LogP contribution in [-0.2, 0) is 0 Å². The highest BCUT2D eigenvalue weighted by atomic mass is 35.5. The van der Waals surface area contributed by atoms with Gasteiger partial charge in [0.2, 0.25) is 0 Å². The maximum absolute atomic E-state index is 13.3. The number of hydrogen-bond donors (Lipinski definition) is 2. The van der Waals surface area contributed by atoms with E-state index in [4.69, 9.17) is 11.6 Å². The molecule has 0 unspecified atom stereocenters. The standard InChI is InChI=1S/C26H32ClN3O2/c1-18-13-15-30(16-14-18)24-12-11-20(29-25(31)21-9-5-6-10-23(21)27)17-22(24)26(32)28-19-7-3-2-4-8-19/h5-6,9-12,17-19H,2-4,7-8,13-16H2,1H3,(H,28,32)(H,29,31). The van der Waals surface area contributed by atoms with Gasteiger partial charge in [-0.25, -0.2) is 0 Å². The lowest BCUT2D eigenvalue weighted by atomic mass is 9.95. The number of piperidine rings is 1. The van der Waals surface area contributed by atoms with Gasteiger partial charge < -0.3 is 15.5 Å². The highest BCUT2D eigenvalue weighted by Crippen LogP contribution is 2.30. The summed E-state index contributed by atoms with van der Waals surface area (Å²) in [6.45, 7) is 4.16. The second kappa shape index (κ2) is 10.4. The van der Waals surface area contributed by atoms with Crippen LogP contribution in [0.3, 0.4) is 0 Å². The van der Waals surface area contributed by atoms with E-state index in [0.29, 0.717) is 27.8 Å². The van der Waals surface area contributed by atoms with Crippen molar-refractivity contribution in [3.8, 4) is 0 Å². The highest BCUT2D eigenvalue weighted by Gasteiger charge is 2.24. The molecule has 2 aromatic carbocycles. The number of nitrogens with zero attached hydrogens (tertiary/aromatic N) is 1. The number of halogens is 1. The Morgan fingerprint density at radius 2 is 1.62 bits per heavy atom. The predicted octanol–water partition coefficient (Wildman–Crippen LogP) is 5.89. The number of anilines is 2. The van der Waals surface area contributed by atoms with Crippen molar-refractivity contribution in [1.29, 1.82) is 0 Å². The van der Waals surface area contributed by atoms with Gasteiger partial charge >= 0.3 is 0 Å². The minimum atomic E-state index is -0.284. The summed E-state index contributed by atoms with van der Waals surface area (Å²) in [4.78, 5) is 28.4. The molecule has 5 nitrogen and oxygen atoms in total. The zero-order chi connectivity index (χ0) is 22.5. The van der Waals surface area contributed by atoms with Crippen LogP contribution in [0.2, 0.25) is 5.02 Å². The number of benzene rings is 2. The van der Waals surface area contributed by atoms with Crippen molar-refractivity contribution in [2.24, 2.45) is 5.92 Å². The molecule has 2 N–H and O–H groups in total. The van der Waals surface area contributed by atoms with E-state index < -0.39 is 0 Å². The van der Waals surface area contributed by atoms with Crippen LogP contribution in [0.4, 0.5) is 11.4 Å². The van der Waals surface area contributed by atoms with Crippen molar-refractivity contribution in [3.63, 3.8) is 0 Å². The number of hydrogen-bond acceptors (Lipinski definition) is 3. The zero-order valence-electron chi connectivity index (χ0n) is 18.7. The van der Waals surface area contributed by atoms with E-state index in [9.17, 15) is 9.59 Å². The maximum atomic E-state index is 13.3. The number of rotatable bonds is 5. The normalized spacial score (nSPS) is 17.8. The summed E-state index contributed by atoms with van der Waals surface area (Å²) >= 11 is 6.18. The van der Waals surface area contributed by atoms with Crippen molar-refractivity contribution < 1.29 is 9.59 Å². The van der Waals surface area contributed by atoms with E-state index in [1.54, 1.807) is 30.3 Å². The molecule has 170 valence electrons. The van der Waals surface area contributed by atoms with Gasteiger partial charge in [0.1, 0.15) is 0 Å². The molecule has 2 aromatic rings. The molecule has 1 aliphatic heterocycles. The van der Waals surface area contributed by atoms with Gasteiger partial charge in [0.25, 0.3) is 11.8 Å². The Labute approximate surface area is 195 Å². The Morgan fingerprint density at radius 3 is 2.34 bits per heavy atom. The molecule has 0 spiro atoms. The van der Waals surface area contributed by atoms with E-state index >= 15 is 0 Å². The Kier molecular flexibility index (Phi) is 7.36. The number of amides is 2. The predicted molar refractivity (Wildman–Crippen MR) is 131 cm³/mol. The SMILES string of the molecule is CC1CCN(c2ccc(NC(=O)c3ccccc3Cl)cc2C(=O)NC2CCCCC2)CC1. The lowest BCUT2D eigenvalue weighted by Gasteiger charge is -2.34. The second-order valence-electron chi connectivity index (χ2n) is 9.14. The van der Waals surface area contributed by atoms with Crippen LogP contribution >= 0.6 is 11.6 Å². The molecule has 6 heteroatoms. The monoisotopic (exact) mass is 453 g/mol. The maximum Gasteiger partial charge on any atom is 0.257 e. The molecule has 1 saturated heterocycles. The van der Waals surface area contributed by atoms with E-state index in [1.165, 1.54) is 6.42 Å². The van der Waals surface area contributed by atoms with Crippen LogP contribution in [0.5, 0.6) is 0 Å². The van der Waals surface area contributed by atoms with Crippen molar-refractivity contribution in [2.45, 2.75) is 57.9 Å². The molecule has 2 aliphatic rings. The fraction of sp³-hybridized carbons (Fsp3) is 0.462. The lowest BCUT2D eigenvalue weighted by Crippen LogP contribution is -2.38. The number of carbonyl (C=O) groups is 2. The van der Waals surface area contributed by atoms with Crippen LogP contribution in [-0.4, -0.2) is 30.9 Å². The molecule has 32 heavy (non-hydrogen) atoms. The first-order chi connectivity index (χ1) is 15.5. The molecule has 1 heterocycles. The van der Waals surface area contributed by atoms with Crippen LogP contribution in [0.15, 0.2) is 42.5 Å². The molecule has 1 aliphatic carbocycles. The van der Waals surface area contributed by atoms with E-state index in [-0.39, 0.29) is 17.9 Å². The Balaban J connectivity index is 1.58. The van der Waals surface area contributed by atoms with Gasteiger partial charge in [0.15, 0.2) is 0 Å². The van der Waals surface area contributed by atoms with Gasteiger partial charge in [-0.3, -0.25) is 9.59 Å². The lowest BCUT2D eigenvalue weighted by molar-refractivity contribution is 0.0927. The summed E-state index contributed by atoms with van der Waals surface area (Å²) in [7, 11) is 0. The zero-order valence-corrected chi connectivity index (χ0v) is 19.5. The third-order valence-corrected chi connectivity index (χ3v) is 7.01. The average molecular weight is 454 g/mol. The van der Waals surface area contributed by atoms with E-state index in [1.807, 2.05) is 12.1 Å².